The SMILES string of the molecule is COc1cccc2c(NCc3ccc(N(C)S(C)(=O)=O)cc3)cc(C)nc12. The van der Waals surface area contributed by atoms with Crippen LogP contribution in [0.4, 0.5) is 11.4 Å². The van der Waals surface area contributed by atoms with Crippen molar-refractivity contribution in [1.29, 1.82) is 0 Å². The first kappa shape index (κ1) is 19.0. The third kappa shape index (κ3) is 4.14. The molecule has 3 rings (SSSR count). The van der Waals surface area contributed by atoms with E-state index in [0.717, 1.165) is 33.6 Å². The average molecular weight is 385 g/mol. The number of hydrogen-bond donors (Lipinski definition) is 1. The van der Waals surface area contributed by atoms with E-state index in [0.29, 0.717) is 12.2 Å². The van der Waals surface area contributed by atoms with E-state index < -0.39 is 10.0 Å². The van der Waals surface area contributed by atoms with Gasteiger partial charge in [0.2, 0.25) is 10.0 Å². The van der Waals surface area contributed by atoms with Crippen LogP contribution in [0, 0.1) is 6.92 Å². The number of nitrogens with one attached hydrogen (secondary N) is 1. The molecule has 0 saturated heterocycles. The number of methoxy groups -OCH3 is 1. The second kappa shape index (κ2) is 7.44. The van der Waals surface area contributed by atoms with Crippen molar-refractivity contribution in [1.82, 2.24) is 4.98 Å². The van der Waals surface area contributed by atoms with Crippen molar-refractivity contribution in [2.24, 2.45) is 0 Å². The summed E-state index contributed by atoms with van der Waals surface area (Å²) >= 11 is 0. The number of anilines is 2. The first-order chi connectivity index (χ1) is 12.8. The number of para-hydroxylation sites is 1. The number of ether oxygens (including phenoxy) is 1. The van der Waals surface area contributed by atoms with Crippen LogP contribution in [0.1, 0.15) is 11.3 Å². The number of hydrogen-bond acceptors (Lipinski definition) is 5. The number of aromatic nitrogens is 1. The summed E-state index contributed by atoms with van der Waals surface area (Å²) in [6, 6.07) is 15.3. The zero-order valence-electron chi connectivity index (χ0n) is 15.9. The lowest BCUT2D eigenvalue weighted by atomic mass is 10.1. The summed E-state index contributed by atoms with van der Waals surface area (Å²) in [5.41, 5.74) is 4.39. The Balaban J connectivity index is 1.83. The molecule has 27 heavy (non-hydrogen) atoms. The zero-order valence-corrected chi connectivity index (χ0v) is 16.7. The molecule has 0 atom stereocenters. The van der Waals surface area contributed by atoms with Gasteiger partial charge in [-0.2, -0.15) is 0 Å². The predicted molar refractivity (Wildman–Crippen MR) is 110 cm³/mol. The van der Waals surface area contributed by atoms with E-state index in [4.69, 9.17) is 4.74 Å². The normalized spacial score (nSPS) is 11.4. The smallest absolute Gasteiger partial charge is 0.231 e. The molecule has 7 heteroatoms. The summed E-state index contributed by atoms with van der Waals surface area (Å²) in [4.78, 5) is 4.59. The fraction of sp³-hybridized carbons (Fsp3) is 0.250. The Morgan fingerprint density at radius 3 is 2.48 bits per heavy atom. The third-order valence-corrected chi connectivity index (χ3v) is 5.64. The molecule has 0 saturated carbocycles. The van der Waals surface area contributed by atoms with Crippen molar-refractivity contribution in [2.45, 2.75) is 13.5 Å². The molecule has 0 bridgehead atoms. The summed E-state index contributed by atoms with van der Waals surface area (Å²) in [5.74, 6) is 0.743. The second-order valence-electron chi connectivity index (χ2n) is 6.42. The van der Waals surface area contributed by atoms with Gasteiger partial charge < -0.3 is 10.1 Å². The van der Waals surface area contributed by atoms with Crippen LogP contribution >= 0.6 is 0 Å². The Kier molecular flexibility index (Phi) is 5.23. The van der Waals surface area contributed by atoms with Crippen LogP contribution in [0.2, 0.25) is 0 Å². The van der Waals surface area contributed by atoms with Crippen LogP contribution in [0.5, 0.6) is 5.75 Å². The molecule has 2 aromatic carbocycles. The van der Waals surface area contributed by atoms with Gasteiger partial charge in [0.1, 0.15) is 11.3 Å². The van der Waals surface area contributed by atoms with Crippen molar-refractivity contribution >= 4 is 32.3 Å². The van der Waals surface area contributed by atoms with Gasteiger partial charge in [0.25, 0.3) is 0 Å². The first-order valence-corrected chi connectivity index (χ1v) is 10.4. The molecule has 0 aliphatic carbocycles. The van der Waals surface area contributed by atoms with E-state index in [2.05, 4.69) is 10.3 Å². The molecule has 0 amide bonds. The van der Waals surface area contributed by atoms with Crippen molar-refractivity contribution in [3.8, 4) is 5.75 Å². The highest BCUT2D eigenvalue weighted by molar-refractivity contribution is 7.92. The van der Waals surface area contributed by atoms with Crippen LogP contribution in [0.25, 0.3) is 10.9 Å². The molecule has 6 nitrogen and oxygen atoms in total. The largest absolute Gasteiger partial charge is 0.494 e. The van der Waals surface area contributed by atoms with Crippen molar-refractivity contribution in [2.75, 3.05) is 30.0 Å². The lowest BCUT2D eigenvalue weighted by Gasteiger charge is -2.17. The quantitative estimate of drug-likeness (QED) is 0.702. The average Bonchev–Trinajstić information content (AvgIpc) is 2.64. The molecule has 0 aliphatic rings. The van der Waals surface area contributed by atoms with Gasteiger partial charge in [0.15, 0.2) is 0 Å². The number of benzene rings is 2. The molecule has 1 heterocycles. The molecule has 1 aromatic heterocycles. The van der Waals surface area contributed by atoms with Gasteiger partial charge in [0.05, 0.1) is 19.1 Å². The molecule has 0 aliphatic heterocycles. The van der Waals surface area contributed by atoms with Gasteiger partial charge in [-0.1, -0.05) is 24.3 Å². The Hall–Kier alpha value is -2.80. The van der Waals surface area contributed by atoms with Crippen LogP contribution in [0.15, 0.2) is 48.5 Å². The minimum absolute atomic E-state index is 0.610. The van der Waals surface area contributed by atoms with E-state index in [1.807, 2.05) is 43.3 Å². The summed E-state index contributed by atoms with van der Waals surface area (Å²) in [7, 11) is -0.0775. The number of nitrogens with zero attached hydrogens (tertiary/aromatic N) is 2. The number of rotatable bonds is 6. The van der Waals surface area contributed by atoms with E-state index in [9.17, 15) is 8.42 Å². The van der Waals surface area contributed by atoms with Gasteiger partial charge in [-0.3, -0.25) is 4.31 Å². The summed E-state index contributed by atoms with van der Waals surface area (Å²) < 4.78 is 29.9. The zero-order chi connectivity index (χ0) is 19.6. The molecule has 0 unspecified atom stereocenters. The van der Waals surface area contributed by atoms with Crippen molar-refractivity contribution < 1.29 is 13.2 Å². The lowest BCUT2D eigenvalue weighted by Crippen LogP contribution is -2.24. The Morgan fingerprint density at radius 1 is 1.15 bits per heavy atom. The monoisotopic (exact) mass is 385 g/mol. The summed E-state index contributed by atoms with van der Waals surface area (Å²) in [5, 5.41) is 4.44. The number of sulfonamides is 1. The number of aryl methyl sites for hydroxylation is 1. The molecular weight excluding hydrogens is 362 g/mol. The maximum Gasteiger partial charge on any atom is 0.231 e. The van der Waals surface area contributed by atoms with Gasteiger partial charge in [-0.25, -0.2) is 13.4 Å². The minimum Gasteiger partial charge on any atom is -0.494 e. The fourth-order valence-corrected chi connectivity index (χ4v) is 3.38. The molecule has 0 radical (unpaired) electrons. The van der Waals surface area contributed by atoms with E-state index in [-0.39, 0.29) is 0 Å². The Bertz CT molecular complexity index is 1060. The van der Waals surface area contributed by atoms with E-state index in [1.54, 1.807) is 26.3 Å². The van der Waals surface area contributed by atoms with Gasteiger partial charge in [0, 0.05) is 30.4 Å². The fourth-order valence-electron chi connectivity index (χ4n) is 2.87. The maximum atomic E-state index is 11.6. The molecule has 3 aromatic rings. The molecule has 1 N–H and O–H groups in total. The summed E-state index contributed by atoms with van der Waals surface area (Å²) in [6.07, 6.45) is 1.19. The highest BCUT2D eigenvalue weighted by Gasteiger charge is 2.12. The van der Waals surface area contributed by atoms with Crippen molar-refractivity contribution in [3.05, 3.63) is 59.8 Å². The van der Waals surface area contributed by atoms with Gasteiger partial charge >= 0.3 is 0 Å². The van der Waals surface area contributed by atoms with Gasteiger partial charge in [-0.15, -0.1) is 0 Å². The Morgan fingerprint density at radius 2 is 1.85 bits per heavy atom. The molecule has 0 spiro atoms. The molecule has 142 valence electrons. The molecule has 0 fully saturated rings. The van der Waals surface area contributed by atoms with Gasteiger partial charge in [-0.05, 0) is 36.8 Å². The Labute approximate surface area is 159 Å². The summed E-state index contributed by atoms with van der Waals surface area (Å²) in [6.45, 7) is 2.56. The number of fused-ring (bicyclic) bond motifs is 1. The molecular formula is C20H23N3O3S. The second-order valence-corrected chi connectivity index (χ2v) is 8.43. The van der Waals surface area contributed by atoms with Crippen LogP contribution in [-0.4, -0.2) is 33.8 Å². The highest BCUT2D eigenvalue weighted by Crippen LogP contribution is 2.30. The van der Waals surface area contributed by atoms with Crippen molar-refractivity contribution in [3.63, 3.8) is 0 Å². The van der Waals surface area contributed by atoms with Crippen LogP contribution in [-0.2, 0) is 16.6 Å². The topological polar surface area (TPSA) is 71.5 Å². The van der Waals surface area contributed by atoms with E-state index in [1.165, 1.54) is 10.6 Å². The standard InChI is InChI=1S/C20H23N3O3S/c1-14-12-18(17-6-5-7-19(26-3)20(17)22-14)21-13-15-8-10-16(11-9-15)23(2)27(4,24)25/h5-12H,13H2,1-4H3,(H,21,22). The predicted octanol–water partition coefficient (Wildman–Crippen LogP) is 3.56. The number of pyridine rings is 1. The van der Waals surface area contributed by atoms with Crippen LogP contribution < -0.4 is 14.4 Å². The minimum atomic E-state index is -3.26. The van der Waals surface area contributed by atoms with E-state index >= 15 is 0 Å². The first-order valence-electron chi connectivity index (χ1n) is 8.50. The van der Waals surface area contributed by atoms with Crippen LogP contribution in [0.3, 0.4) is 0 Å². The third-order valence-electron chi connectivity index (χ3n) is 4.43. The highest BCUT2D eigenvalue weighted by atomic mass is 32.2. The maximum absolute atomic E-state index is 11.6. The lowest BCUT2D eigenvalue weighted by molar-refractivity contribution is 0.419.